The number of oxazole rings is 1. The summed E-state index contributed by atoms with van der Waals surface area (Å²) >= 11 is 0. The molecule has 4 aromatic rings. The Bertz CT molecular complexity index is 1200. The molecule has 6 heteroatoms. The molecule has 2 aromatic carbocycles. The van der Waals surface area contributed by atoms with Crippen LogP contribution in [0.5, 0.6) is 0 Å². The van der Waals surface area contributed by atoms with E-state index in [9.17, 15) is 4.39 Å². The molecular formula is C24H28FN4O+. The first-order valence-corrected chi connectivity index (χ1v) is 10.6. The normalized spacial score (nSPS) is 24.7. The Morgan fingerprint density at radius 1 is 1.13 bits per heavy atom. The van der Waals surface area contributed by atoms with Crippen LogP contribution in [-0.2, 0) is 6.42 Å². The molecule has 2 aromatic heterocycles. The molecule has 3 heterocycles. The molecule has 1 aliphatic rings. The lowest BCUT2D eigenvalue weighted by Crippen LogP contribution is -2.63. The standard InChI is InChI=1S/C24H28FN4O/c1-15-13-29(3,14-16(2)27-15)9-8-24-28-21-7-4-17(10-23(21)30-24)20-12-26-22-11-18(25)5-6-19(20)22/h4-7,10-12,15-16,26-27H,8-9,13-14H2,1-3H3/q+1. The maximum absolute atomic E-state index is 13.5. The molecule has 2 unspecified atom stereocenters. The molecule has 0 radical (unpaired) electrons. The summed E-state index contributed by atoms with van der Waals surface area (Å²) in [6.07, 6.45) is 2.74. The molecule has 0 amide bonds. The SMILES string of the molecule is CC1C[N+](C)(CCc2nc3ccc(-c4c[nH]c5cc(F)ccc45)cc3o2)CC(C)N1. The first-order chi connectivity index (χ1) is 14.4. The number of rotatable bonds is 4. The lowest BCUT2D eigenvalue weighted by Gasteiger charge is -2.43. The van der Waals surface area contributed by atoms with E-state index < -0.39 is 0 Å². The number of hydrogen-bond donors (Lipinski definition) is 2. The van der Waals surface area contributed by atoms with Crippen molar-refractivity contribution >= 4 is 22.0 Å². The Hall–Kier alpha value is -2.70. The Balaban J connectivity index is 1.39. The molecule has 0 aliphatic carbocycles. The van der Waals surface area contributed by atoms with Crippen LogP contribution in [0, 0.1) is 5.82 Å². The topological polar surface area (TPSA) is 53.9 Å². The maximum atomic E-state index is 13.5. The van der Waals surface area contributed by atoms with E-state index in [1.165, 1.54) is 12.1 Å². The number of nitrogens with zero attached hydrogens (tertiary/aromatic N) is 2. The highest BCUT2D eigenvalue weighted by atomic mass is 19.1. The van der Waals surface area contributed by atoms with Gasteiger partial charge in [-0.2, -0.15) is 0 Å². The minimum absolute atomic E-state index is 0.240. The average Bonchev–Trinajstić information content (AvgIpc) is 3.27. The third kappa shape index (κ3) is 3.61. The van der Waals surface area contributed by atoms with Crippen LogP contribution in [0.25, 0.3) is 33.1 Å². The summed E-state index contributed by atoms with van der Waals surface area (Å²) in [4.78, 5) is 7.87. The Morgan fingerprint density at radius 3 is 2.73 bits per heavy atom. The van der Waals surface area contributed by atoms with Crippen molar-refractivity contribution < 1.29 is 13.3 Å². The lowest BCUT2D eigenvalue weighted by molar-refractivity contribution is -0.916. The molecule has 5 nitrogen and oxygen atoms in total. The van der Waals surface area contributed by atoms with Crippen molar-refractivity contribution in [1.82, 2.24) is 15.3 Å². The van der Waals surface area contributed by atoms with Crippen LogP contribution in [-0.4, -0.2) is 53.2 Å². The van der Waals surface area contributed by atoms with Crippen LogP contribution in [0.2, 0.25) is 0 Å². The number of benzene rings is 2. The fourth-order valence-corrected chi connectivity index (χ4v) is 5.12. The van der Waals surface area contributed by atoms with E-state index >= 15 is 0 Å². The summed E-state index contributed by atoms with van der Waals surface area (Å²) in [6.45, 7) is 7.77. The number of hydrogen-bond acceptors (Lipinski definition) is 3. The highest BCUT2D eigenvalue weighted by Crippen LogP contribution is 2.31. The number of fused-ring (bicyclic) bond motifs is 2. The third-order valence-corrected chi connectivity index (χ3v) is 6.25. The van der Waals surface area contributed by atoms with E-state index in [1.54, 1.807) is 0 Å². The van der Waals surface area contributed by atoms with Crippen molar-refractivity contribution in [3.63, 3.8) is 0 Å². The Labute approximate surface area is 175 Å². The van der Waals surface area contributed by atoms with Crippen molar-refractivity contribution in [3.8, 4) is 11.1 Å². The third-order valence-electron chi connectivity index (χ3n) is 6.25. The van der Waals surface area contributed by atoms with Crippen LogP contribution in [0.4, 0.5) is 4.39 Å². The zero-order valence-electron chi connectivity index (χ0n) is 17.7. The quantitative estimate of drug-likeness (QED) is 0.490. The number of nitrogens with one attached hydrogen (secondary N) is 2. The molecule has 1 fully saturated rings. The Kier molecular flexibility index (Phi) is 4.64. The van der Waals surface area contributed by atoms with E-state index in [0.717, 1.165) is 69.6 Å². The predicted molar refractivity (Wildman–Crippen MR) is 118 cm³/mol. The molecule has 0 spiro atoms. The highest BCUT2D eigenvalue weighted by molar-refractivity contribution is 5.97. The molecule has 156 valence electrons. The number of aromatic nitrogens is 2. The van der Waals surface area contributed by atoms with E-state index in [-0.39, 0.29) is 5.82 Å². The van der Waals surface area contributed by atoms with Crippen molar-refractivity contribution in [2.75, 3.05) is 26.7 Å². The van der Waals surface area contributed by atoms with Crippen LogP contribution in [0.15, 0.2) is 47.0 Å². The van der Waals surface area contributed by atoms with Gasteiger partial charge in [0.1, 0.15) is 11.3 Å². The smallest absolute Gasteiger partial charge is 0.201 e. The van der Waals surface area contributed by atoms with Gasteiger partial charge in [-0.05, 0) is 49.7 Å². The van der Waals surface area contributed by atoms with E-state index in [4.69, 9.17) is 9.40 Å². The van der Waals surface area contributed by atoms with Crippen molar-refractivity contribution in [2.45, 2.75) is 32.4 Å². The van der Waals surface area contributed by atoms with Crippen molar-refractivity contribution in [1.29, 1.82) is 0 Å². The van der Waals surface area contributed by atoms with Crippen LogP contribution in [0.1, 0.15) is 19.7 Å². The van der Waals surface area contributed by atoms with Crippen LogP contribution >= 0.6 is 0 Å². The van der Waals surface area contributed by atoms with Crippen LogP contribution in [0.3, 0.4) is 0 Å². The number of likely N-dealkylation sites (N-methyl/N-ethyl adjacent to an activating group) is 1. The summed E-state index contributed by atoms with van der Waals surface area (Å²) in [7, 11) is 2.33. The second-order valence-corrected chi connectivity index (χ2v) is 9.11. The van der Waals surface area contributed by atoms with E-state index in [2.05, 4.69) is 31.2 Å². The van der Waals surface area contributed by atoms with Gasteiger partial charge in [0, 0.05) is 22.7 Å². The van der Waals surface area contributed by atoms with Gasteiger partial charge in [0.15, 0.2) is 5.58 Å². The second kappa shape index (κ2) is 7.22. The molecule has 2 atom stereocenters. The number of H-pyrrole nitrogens is 1. The van der Waals surface area contributed by atoms with Gasteiger partial charge in [0.2, 0.25) is 5.89 Å². The molecule has 1 saturated heterocycles. The number of quaternary nitrogens is 1. The summed E-state index contributed by atoms with van der Waals surface area (Å²) < 4.78 is 20.6. The number of piperazine rings is 1. The van der Waals surface area contributed by atoms with Gasteiger partial charge in [-0.25, -0.2) is 9.37 Å². The zero-order valence-corrected chi connectivity index (χ0v) is 17.7. The zero-order chi connectivity index (χ0) is 20.9. The predicted octanol–water partition coefficient (Wildman–Crippen LogP) is 4.48. The van der Waals surface area contributed by atoms with Crippen molar-refractivity contribution in [2.24, 2.45) is 0 Å². The number of aromatic amines is 1. The largest absolute Gasteiger partial charge is 0.440 e. The lowest BCUT2D eigenvalue weighted by atomic mass is 10.0. The maximum Gasteiger partial charge on any atom is 0.201 e. The van der Waals surface area contributed by atoms with Crippen molar-refractivity contribution in [3.05, 3.63) is 54.3 Å². The fraction of sp³-hybridized carbons (Fsp3) is 0.375. The molecule has 2 N–H and O–H groups in total. The summed E-state index contributed by atoms with van der Waals surface area (Å²) in [5.74, 6) is 0.553. The molecule has 30 heavy (non-hydrogen) atoms. The van der Waals surface area contributed by atoms with E-state index in [1.807, 2.05) is 30.5 Å². The van der Waals surface area contributed by atoms with Gasteiger partial charge < -0.3 is 19.2 Å². The monoisotopic (exact) mass is 407 g/mol. The average molecular weight is 408 g/mol. The number of halogens is 1. The molecule has 5 rings (SSSR count). The van der Waals surface area contributed by atoms with Gasteiger partial charge >= 0.3 is 0 Å². The first kappa shape index (κ1) is 19.3. The van der Waals surface area contributed by atoms with Gasteiger partial charge in [0.25, 0.3) is 0 Å². The first-order valence-electron chi connectivity index (χ1n) is 10.6. The summed E-state index contributed by atoms with van der Waals surface area (Å²) in [6, 6.07) is 12.0. The summed E-state index contributed by atoms with van der Waals surface area (Å²) in [5, 5.41) is 4.61. The minimum atomic E-state index is -0.240. The Morgan fingerprint density at radius 2 is 1.93 bits per heavy atom. The van der Waals surface area contributed by atoms with Gasteiger partial charge in [-0.3, -0.25) is 0 Å². The molecule has 1 aliphatic heterocycles. The molecular weight excluding hydrogens is 379 g/mol. The van der Waals surface area contributed by atoms with Gasteiger partial charge in [-0.15, -0.1) is 0 Å². The van der Waals surface area contributed by atoms with Gasteiger partial charge in [0.05, 0.1) is 45.2 Å². The van der Waals surface area contributed by atoms with Crippen LogP contribution < -0.4 is 5.32 Å². The van der Waals surface area contributed by atoms with E-state index in [0.29, 0.717) is 12.1 Å². The fourth-order valence-electron chi connectivity index (χ4n) is 5.12. The molecule has 0 bridgehead atoms. The molecule has 0 saturated carbocycles. The van der Waals surface area contributed by atoms with Gasteiger partial charge in [-0.1, -0.05) is 6.07 Å². The second-order valence-electron chi connectivity index (χ2n) is 9.11. The minimum Gasteiger partial charge on any atom is -0.440 e. The highest BCUT2D eigenvalue weighted by Gasteiger charge is 2.32. The summed E-state index contributed by atoms with van der Waals surface area (Å²) in [5.41, 5.74) is 4.53.